The van der Waals surface area contributed by atoms with Crippen molar-refractivity contribution in [1.29, 1.82) is 0 Å². The largest absolute Gasteiger partial charge is 0.441 e. The monoisotopic (exact) mass is 219 g/mol. The van der Waals surface area contributed by atoms with E-state index in [-0.39, 0.29) is 12.4 Å². The fourth-order valence-electron chi connectivity index (χ4n) is 1.69. The number of amides is 1. The molecule has 0 aromatic heterocycles. The number of carbonyl (C=O) groups excluding carboxylic acids is 2. The van der Waals surface area contributed by atoms with E-state index in [9.17, 15) is 9.59 Å². The minimum atomic E-state index is -0.502. The SMILES string of the molecule is O=C1N[C@@H](CCc2ccccc2)C(=O)CO1. The Hall–Kier alpha value is -1.84. The molecule has 1 fully saturated rings. The molecule has 1 aliphatic heterocycles. The van der Waals surface area contributed by atoms with Crippen molar-refractivity contribution in [2.45, 2.75) is 18.9 Å². The van der Waals surface area contributed by atoms with Crippen molar-refractivity contribution in [3.63, 3.8) is 0 Å². The van der Waals surface area contributed by atoms with Crippen LogP contribution in [0.2, 0.25) is 0 Å². The zero-order chi connectivity index (χ0) is 11.4. The second-order valence-electron chi connectivity index (χ2n) is 3.76. The van der Waals surface area contributed by atoms with Gasteiger partial charge in [0.2, 0.25) is 0 Å². The van der Waals surface area contributed by atoms with Crippen molar-refractivity contribution in [3.8, 4) is 0 Å². The van der Waals surface area contributed by atoms with Crippen molar-refractivity contribution >= 4 is 11.9 Å². The third-order valence-electron chi connectivity index (χ3n) is 2.59. The van der Waals surface area contributed by atoms with E-state index in [2.05, 4.69) is 10.1 Å². The number of ether oxygens (including phenoxy) is 1. The summed E-state index contributed by atoms with van der Waals surface area (Å²) in [5, 5.41) is 2.53. The number of carbonyl (C=O) groups is 2. The summed E-state index contributed by atoms with van der Waals surface area (Å²) < 4.78 is 4.57. The first kappa shape index (κ1) is 10.7. The summed E-state index contributed by atoms with van der Waals surface area (Å²) in [5.74, 6) is -0.0597. The van der Waals surface area contributed by atoms with Crippen LogP contribution in [0.3, 0.4) is 0 Å². The maximum Gasteiger partial charge on any atom is 0.408 e. The third-order valence-corrected chi connectivity index (χ3v) is 2.59. The van der Waals surface area contributed by atoms with Gasteiger partial charge in [-0.05, 0) is 18.4 Å². The lowest BCUT2D eigenvalue weighted by molar-refractivity contribution is -0.126. The van der Waals surface area contributed by atoms with E-state index >= 15 is 0 Å². The molecule has 84 valence electrons. The third kappa shape index (κ3) is 2.59. The number of nitrogens with one attached hydrogen (secondary N) is 1. The molecule has 0 bridgehead atoms. The van der Waals surface area contributed by atoms with Crippen molar-refractivity contribution in [1.82, 2.24) is 5.32 Å². The summed E-state index contributed by atoms with van der Waals surface area (Å²) in [6, 6.07) is 9.48. The maximum absolute atomic E-state index is 11.4. The highest BCUT2D eigenvalue weighted by atomic mass is 16.6. The highest BCUT2D eigenvalue weighted by Gasteiger charge is 2.26. The number of cyclic esters (lactones) is 1. The predicted octanol–water partition coefficient (Wildman–Crippen LogP) is 1.30. The number of hydrogen-bond acceptors (Lipinski definition) is 3. The van der Waals surface area contributed by atoms with Crippen LogP contribution in [-0.4, -0.2) is 24.5 Å². The van der Waals surface area contributed by atoms with E-state index in [1.165, 1.54) is 0 Å². The first-order valence-electron chi connectivity index (χ1n) is 5.25. The maximum atomic E-state index is 11.4. The standard InChI is InChI=1S/C12H13NO3/c14-11-8-16-12(15)13-10(11)7-6-9-4-2-1-3-5-9/h1-5,10H,6-8H2,(H,13,15)/t10-/m0/s1. The van der Waals surface area contributed by atoms with Gasteiger partial charge in [0.15, 0.2) is 12.4 Å². The molecule has 1 saturated heterocycles. The molecule has 0 spiro atoms. The molecular weight excluding hydrogens is 206 g/mol. The van der Waals surface area contributed by atoms with Gasteiger partial charge in [-0.1, -0.05) is 30.3 Å². The lowest BCUT2D eigenvalue weighted by Crippen LogP contribution is -2.48. The molecule has 1 atom stereocenters. The van der Waals surface area contributed by atoms with E-state index in [1.54, 1.807) is 0 Å². The Kier molecular flexibility index (Phi) is 3.19. The van der Waals surface area contributed by atoms with Crippen LogP contribution in [0.15, 0.2) is 30.3 Å². The van der Waals surface area contributed by atoms with Gasteiger partial charge in [-0.2, -0.15) is 0 Å². The molecule has 4 nitrogen and oxygen atoms in total. The van der Waals surface area contributed by atoms with Crippen LogP contribution in [0.5, 0.6) is 0 Å². The van der Waals surface area contributed by atoms with Crippen molar-refractivity contribution in [2.75, 3.05) is 6.61 Å². The van der Waals surface area contributed by atoms with Crippen LogP contribution in [0, 0.1) is 0 Å². The van der Waals surface area contributed by atoms with Crippen LogP contribution in [0.1, 0.15) is 12.0 Å². The number of rotatable bonds is 3. The van der Waals surface area contributed by atoms with Crippen LogP contribution in [0.25, 0.3) is 0 Å². The minimum absolute atomic E-state index is 0.0597. The first-order chi connectivity index (χ1) is 7.75. The second kappa shape index (κ2) is 4.79. The minimum Gasteiger partial charge on any atom is -0.441 e. The van der Waals surface area contributed by atoms with Gasteiger partial charge >= 0.3 is 6.09 Å². The molecule has 1 aromatic carbocycles. The van der Waals surface area contributed by atoms with Gasteiger partial charge in [0, 0.05) is 0 Å². The molecule has 1 amide bonds. The lowest BCUT2D eigenvalue weighted by Gasteiger charge is -2.21. The molecule has 1 aromatic rings. The number of hydrogen-bond donors (Lipinski definition) is 1. The van der Waals surface area contributed by atoms with Crippen molar-refractivity contribution < 1.29 is 14.3 Å². The number of aryl methyl sites for hydroxylation is 1. The predicted molar refractivity (Wildman–Crippen MR) is 58.0 cm³/mol. The fraction of sp³-hybridized carbons (Fsp3) is 0.333. The molecule has 1 heterocycles. The molecule has 0 radical (unpaired) electrons. The summed E-state index contributed by atoms with van der Waals surface area (Å²) in [6.07, 6.45) is 0.896. The summed E-state index contributed by atoms with van der Waals surface area (Å²) >= 11 is 0. The van der Waals surface area contributed by atoms with Crippen LogP contribution in [-0.2, 0) is 16.0 Å². The molecule has 16 heavy (non-hydrogen) atoms. The molecule has 0 unspecified atom stereocenters. The Bertz CT molecular complexity index is 389. The van der Waals surface area contributed by atoms with Crippen LogP contribution in [0.4, 0.5) is 4.79 Å². The van der Waals surface area contributed by atoms with Gasteiger partial charge in [-0.3, -0.25) is 4.79 Å². The van der Waals surface area contributed by atoms with Crippen LogP contribution >= 0.6 is 0 Å². The van der Waals surface area contributed by atoms with Gasteiger partial charge in [0.25, 0.3) is 0 Å². The average molecular weight is 219 g/mol. The molecular formula is C12H13NO3. The van der Waals surface area contributed by atoms with Crippen molar-refractivity contribution in [2.24, 2.45) is 0 Å². The normalized spacial score (nSPS) is 20.1. The number of ketones is 1. The van der Waals surface area contributed by atoms with Crippen molar-refractivity contribution in [3.05, 3.63) is 35.9 Å². The van der Waals surface area contributed by atoms with E-state index in [0.29, 0.717) is 6.42 Å². The Labute approximate surface area is 93.6 Å². The highest BCUT2D eigenvalue weighted by Crippen LogP contribution is 2.08. The molecule has 0 saturated carbocycles. The average Bonchev–Trinajstić information content (AvgIpc) is 2.32. The second-order valence-corrected chi connectivity index (χ2v) is 3.76. The van der Waals surface area contributed by atoms with Gasteiger partial charge in [0.1, 0.15) is 0 Å². The Morgan fingerprint density at radius 2 is 2.00 bits per heavy atom. The van der Waals surface area contributed by atoms with E-state index in [4.69, 9.17) is 0 Å². The van der Waals surface area contributed by atoms with E-state index in [1.807, 2.05) is 30.3 Å². The summed E-state index contributed by atoms with van der Waals surface area (Å²) in [7, 11) is 0. The first-order valence-corrected chi connectivity index (χ1v) is 5.25. The fourth-order valence-corrected chi connectivity index (χ4v) is 1.69. The highest BCUT2D eigenvalue weighted by molar-refractivity contribution is 5.92. The van der Waals surface area contributed by atoms with Gasteiger partial charge in [-0.15, -0.1) is 0 Å². The van der Waals surface area contributed by atoms with Gasteiger partial charge in [-0.25, -0.2) is 4.79 Å². The quantitative estimate of drug-likeness (QED) is 0.833. The number of alkyl carbamates (subject to hydrolysis) is 1. The molecule has 4 heteroatoms. The summed E-state index contributed by atoms with van der Waals surface area (Å²) in [4.78, 5) is 22.4. The Balaban J connectivity index is 1.90. The zero-order valence-corrected chi connectivity index (χ0v) is 8.81. The smallest absolute Gasteiger partial charge is 0.408 e. The van der Waals surface area contributed by atoms with Crippen LogP contribution < -0.4 is 5.32 Å². The molecule has 1 aliphatic rings. The molecule has 1 N–H and O–H groups in total. The zero-order valence-electron chi connectivity index (χ0n) is 8.81. The van der Waals surface area contributed by atoms with Gasteiger partial charge < -0.3 is 10.1 Å². The summed E-state index contributed by atoms with van der Waals surface area (Å²) in [5.41, 5.74) is 1.16. The lowest BCUT2D eigenvalue weighted by atomic mass is 10.0. The number of benzene rings is 1. The van der Waals surface area contributed by atoms with E-state index in [0.717, 1.165) is 12.0 Å². The number of Topliss-reactive ketones (excluding diaryl/α,β-unsaturated/α-hetero) is 1. The van der Waals surface area contributed by atoms with E-state index < -0.39 is 12.1 Å². The summed E-state index contributed by atoms with van der Waals surface area (Å²) in [6.45, 7) is -0.106. The molecule has 0 aliphatic carbocycles. The Morgan fingerprint density at radius 1 is 1.25 bits per heavy atom. The molecule has 2 rings (SSSR count). The topological polar surface area (TPSA) is 55.4 Å². The Morgan fingerprint density at radius 3 is 2.75 bits per heavy atom. The van der Waals surface area contributed by atoms with Gasteiger partial charge in [0.05, 0.1) is 6.04 Å².